The van der Waals surface area contributed by atoms with Gasteiger partial charge in [0.05, 0.1) is 21.3 Å². The van der Waals surface area contributed by atoms with Crippen molar-refractivity contribution in [1.29, 1.82) is 0 Å². The lowest BCUT2D eigenvalue weighted by molar-refractivity contribution is 0.602. The lowest BCUT2D eigenvalue weighted by atomic mass is 10.2. The second-order valence-corrected chi connectivity index (χ2v) is 6.70. The molecule has 20 heavy (non-hydrogen) atoms. The molecule has 0 saturated carbocycles. The second-order valence-electron chi connectivity index (χ2n) is 4.28. The Kier molecular flexibility index (Phi) is 3.87. The molecular weight excluding hydrogens is 303 g/mol. The van der Waals surface area contributed by atoms with Crippen molar-refractivity contribution in [3.05, 3.63) is 47.2 Å². The number of anilines is 3. The fraction of sp³-hybridized carbons (Fsp3) is 0.0769. The van der Waals surface area contributed by atoms with E-state index >= 15 is 0 Å². The SMILES string of the molecule is CS(=O)(=O)c1ccc(Nc2ccc(Cl)c(F)c2)c(N)c1. The summed E-state index contributed by atoms with van der Waals surface area (Å²) in [6.07, 6.45) is 1.10. The number of sulfone groups is 1. The first-order valence-electron chi connectivity index (χ1n) is 5.59. The Labute approximate surface area is 121 Å². The summed E-state index contributed by atoms with van der Waals surface area (Å²) in [6, 6.07) is 8.55. The first-order chi connectivity index (χ1) is 9.27. The van der Waals surface area contributed by atoms with E-state index in [0.29, 0.717) is 11.4 Å². The summed E-state index contributed by atoms with van der Waals surface area (Å²) >= 11 is 5.59. The van der Waals surface area contributed by atoms with E-state index in [1.807, 2.05) is 0 Å². The van der Waals surface area contributed by atoms with Gasteiger partial charge in [-0.15, -0.1) is 0 Å². The van der Waals surface area contributed by atoms with Gasteiger partial charge in [0.15, 0.2) is 9.84 Å². The first-order valence-corrected chi connectivity index (χ1v) is 7.86. The number of nitrogens with one attached hydrogen (secondary N) is 1. The summed E-state index contributed by atoms with van der Waals surface area (Å²) < 4.78 is 36.1. The van der Waals surface area contributed by atoms with Crippen molar-refractivity contribution < 1.29 is 12.8 Å². The third kappa shape index (κ3) is 3.20. The quantitative estimate of drug-likeness (QED) is 0.853. The average molecular weight is 315 g/mol. The summed E-state index contributed by atoms with van der Waals surface area (Å²) in [4.78, 5) is 0.128. The molecule has 2 aromatic rings. The maximum Gasteiger partial charge on any atom is 0.175 e. The monoisotopic (exact) mass is 314 g/mol. The number of halogens is 2. The van der Waals surface area contributed by atoms with E-state index in [1.54, 1.807) is 6.07 Å². The van der Waals surface area contributed by atoms with Gasteiger partial charge < -0.3 is 11.1 Å². The van der Waals surface area contributed by atoms with E-state index in [4.69, 9.17) is 17.3 Å². The van der Waals surface area contributed by atoms with Crippen LogP contribution in [0.5, 0.6) is 0 Å². The number of hydrogen-bond donors (Lipinski definition) is 2. The minimum Gasteiger partial charge on any atom is -0.397 e. The van der Waals surface area contributed by atoms with Crippen molar-refractivity contribution in [2.75, 3.05) is 17.3 Å². The molecule has 0 saturated heterocycles. The van der Waals surface area contributed by atoms with Gasteiger partial charge in [0, 0.05) is 11.9 Å². The number of benzene rings is 2. The molecule has 0 bridgehead atoms. The lowest BCUT2D eigenvalue weighted by Gasteiger charge is -2.11. The van der Waals surface area contributed by atoms with Crippen molar-refractivity contribution >= 4 is 38.5 Å². The molecule has 2 aromatic carbocycles. The lowest BCUT2D eigenvalue weighted by Crippen LogP contribution is -2.01. The van der Waals surface area contributed by atoms with E-state index < -0.39 is 15.7 Å². The topological polar surface area (TPSA) is 72.2 Å². The Morgan fingerprint density at radius 1 is 1.20 bits per heavy atom. The van der Waals surface area contributed by atoms with E-state index in [2.05, 4.69) is 5.32 Å². The van der Waals surface area contributed by atoms with Crippen LogP contribution in [0.4, 0.5) is 21.5 Å². The molecule has 0 aliphatic rings. The summed E-state index contributed by atoms with van der Waals surface area (Å²) in [7, 11) is -3.31. The summed E-state index contributed by atoms with van der Waals surface area (Å²) in [5.74, 6) is -0.553. The van der Waals surface area contributed by atoms with Crippen LogP contribution in [0.15, 0.2) is 41.3 Å². The minimum absolute atomic E-state index is 0.0240. The van der Waals surface area contributed by atoms with Gasteiger partial charge in [0.1, 0.15) is 5.82 Å². The van der Waals surface area contributed by atoms with E-state index in [9.17, 15) is 12.8 Å². The Hall–Kier alpha value is -1.79. The molecule has 0 fully saturated rings. The van der Waals surface area contributed by atoms with Gasteiger partial charge in [-0.2, -0.15) is 0 Å². The normalized spacial score (nSPS) is 11.3. The van der Waals surface area contributed by atoms with Crippen molar-refractivity contribution in [2.24, 2.45) is 0 Å². The second kappa shape index (κ2) is 5.30. The van der Waals surface area contributed by atoms with Gasteiger partial charge in [0.25, 0.3) is 0 Å². The highest BCUT2D eigenvalue weighted by Crippen LogP contribution is 2.27. The van der Waals surface area contributed by atoms with Crippen molar-refractivity contribution in [2.45, 2.75) is 4.90 Å². The van der Waals surface area contributed by atoms with Crippen molar-refractivity contribution in [1.82, 2.24) is 0 Å². The molecule has 0 heterocycles. The van der Waals surface area contributed by atoms with Gasteiger partial charge >= 0.3 is 0 Å². The number of nitrogens with two attached hydrogens (primary N) is 1. The van der Waals surface area contributed by atoms with Gasteiger partial charge in [-0.25, -0.2) is 12.8 Å². The molecule has 0 radical (unpaired) electrons. The average Bonchev–Trinajstić information content (AvgIpc) is 2.35. The van der Waals surface area contributed by atoms with E-state index in [0.717, 1.165) is 6.26 Å². The first kappa shape index (κ1) is 14.6. The Bertz CT molecular complexity index is 763. The van der Waals surface area contributed by atoms with Crippen LogP contribution in [0.1, 0.15) is 0 Å². The summed E-state index contributed by atoms with van der Waals surface area (Å²) in [6.45, 7) is 0. The fourth-order valence-electron chi connectivity index (χ4n) is 1.61. The van der Waals surface area contributed by atoms with Gasteiger partial charge in [0.2, 0.25) is 0 Å². The maximum absolute atomic E-state index is 13.3. The fourth-order valence-corrected chi connectivity index (χ4v) is 2.39. The molecule has 0 aliphatic carbocycles. The molecule has 0 aliphatic heterocycles. The maximum atomic E-state index is 13.3. The molecule has 0 spiro atoms. The molecule has 0 atom stereocenters. The highest BCUT2D eigenvalue weighted by Gasteiger charge is 2.10. The van der Waals surface area contributed by atoms with Crippen LogP contribution in [0, 0.1) is 5.82 Å². The van der Waals surface area contributed by atoms with Crippen LogP contribution >= 0.6 is 11.6 Å². The van der Waals surface area contributed by atoms with Gasteiger partial charge in [-0.3, -0.25) is 0 Å². The highest BCUT2D eigenvalue weighted by molar-refractivity contribution is 7.90. The molecule has 0 amide bonds. The van der Waals surface area contributed by atoms with Crippen LogP contribution in [0.2, 0.25) is 5.02 Å². The Morgan fingerprint density at radius 2 is 1.90 bits per heavy atom. The molecule has 106 valence electrons. The zero-order chi connectivity index (χ0) is 14.9. The van der Waals surface area contributed by atoms with E-state index in [1.165, 1.54) is 30.3 Å². The molecular formula is C13H12ClFN2O2S. The highest BCUT2D eigenvalue weighted by atomic mass is 35.5. The number of rotatable bonds is 3. The van der Waals surface area contributed by atoms with Crippen LogP contribution < -0.4 is 11.1 Å². The van der Waals surface area contributed by atoms with Crippen molar-refractivity contribution in [3.63, 3.8) is 0 Å². The predicted molar refractivity (Wildman–Crippen MR) is 78.7 cm³/mol. The zero-order valence-electron chi connectivity index (χ0n) is 10.5. The third-order valence-corrected chi connectivity index (χ3v) is 4.07. The minimum atomic E-state index is -3.31. The number of hydrogen-bond acceptors (Lipinski definition) is 4. The number of nitrogen functional groups attached to an aromatic ring is 1. The standard InChI is InChI=1S/C13H12ClFN2O2S/c1-20(18,19)9-3-5-13(12(16)7-9)17-8-2-4-10(14)11(15)6-8/h2-7,17H,16H2,1H3. The Balaban J connectivity index is 2.32. The van der Waals surface area contributed by atoms with Gasteiger partial charge in [-0.05, 0) is 36.4 Å². The molecule has 7 heteroatoms. The molecule has 2 rings (SSSR count). The van der Waals surface area contributed by atoms with E-state index in [-0.39, 0.29) is 15.6 Å². The molecule has 0 aromatic heterocycles. The summed E-state index contributed by atoms with van der Waals surface area (Å²) in [5, 5.41) is 2.92. The van der Waals surface area contributed by atoms with Crippen LogP contribution in [0.3, 0.4) is 0 Å². The predicted octanol–water partition coefficient (Wildman–Crippen LogP) is 3.21. The van der Waals surface area contributed by atoms with Crippen LogP contribution in [-0.4, -0.2) is 14.7 Å². The van der Waals surface area contributed by atoms with Crippen molar-refractivity contribution in [3.8, 4) is 0 Å². The summed E-state index contributed by atoms with van der Waals surface area (Å²) in [5.41, 5.74) is 6.99. The molecule has 3 N–H and O–H groups in total. The van der Waals surface area contributed by atoms with Gasteiger partial charge in [-0.1, -0.05) is 11.6 Å². The molecule has 0 unspecified atom stereocenters. The van der Waals surface area contributed by atoms with Crippen LogP contribution in [-0.2, 0) is 9.84 Å². The smallest absolute Gasteiger partial charge is 0.175 e. The zero-order valence-corrected chi connectivity index (χ0v) is 12.1. The third-order valence-electron chi connectivity index (χ3n) is 2.65. The Morgan fingerprint density at radius 3 is 2.45 bits per heavy atom. The van der Waals surface area contributed by atoms with Crippen LogP contribution in [0.25, 0.3) is 0 Å². The molecule has 4 nitrogen and oxygen atoms in total. The largest absolute Gasteiger partial charge is 0.397 e.